The number of nitriles is 2. The fraction of sp³-hybridized carbons (Fsp3) is 0.400. The summed E-state index contributed by atoms with van der Waals surface area (Å²) in [5.74, 6) is 1.40. The van der Waals surface area contributed by atoms with Gasteiger partial charge in [-0.15, -0.1) is 0 Å². The molecule has 2 atom stereocenters. The molecule has 6 heteroatoms. The molecule has 0 aliphatic carbocycles. The smallest absolute Gasteiger partial charge is 0.204 e. The first-order valence-corrected chi connectivity index (χ1v) is 7.09. The molecule has 2 saturated heterocycles. The monoisotopic (exact) mass is 278 g/mol. The second-order valence-electron chi connectivity index (χ2n) is 5.72. The summed E-state index contributed by atoms with van der Waals surface area (Å²) < 4.78 is 0. The van der Waals surface area contributed by atoms with Crippen LogP contribution >= 0.6 is 0 Å². The minimum absolute atomic E-state index is 0.362. The van der Waals surface area contributed by atoms with Gasteiger partial charge in [-0.2, -0.15) is 10.5 Å². The molecule has 4 rings (SSSR count). The summed E-state index contributed by atoms with van der Waals surface area (Å²) in [6, 6.07) is 7.99. The molecular formula is C15H14N6. The van der Waals surface area contributed by atoms with Crippen LogP contribution in [0.4, 0.5) is 5.95 Å². The molecule has 2 aromatic rings. The van der Waals surface area contributed by atoms with Gasteiger partial charge in [-0.1, -0.05) is 0 Å². The van der Waals surface area contributed by atoms with Crippen LogP contribution in [0.5, 0.6) is 0 Å². The molecule has 2 fully saturated rings. The molecule has 3 heterocycles. The zero-order chi connectivity index (χ0) is 14.4. The number of anilines is 1. The average Bonchev–Trinajstić information content (AvgIpc) is 3.18. The second kappa shape index (κ2) is 4.39. The van der Waals surface area contributed by atoms with Gasteiger partial charge in [-0.3, -0.25) is 0 Å². The third kappa shape index (κ3) is 1.80. The second-order valence-corrected chi connectivity index (χ2v) is 5.72. The summed E-state index contributed by atoms with van der Waals surface area (Å²) in [7, 11) is 0. The van der Waals surface area contributed by atoms with Gasteiger partial charge in [0.1, 0.15) is 0 Å². The van der Waals surface area contributed by atoms with Gasteiger partial charge in [0.2, 0.25) is 5.95 Å². The Labute approximate surface area is 122 Å². The van der Waals surface area contributed by atoms with E-state index in [9.17, 15) is 0 Å². The highest BCUT2D eigenvalue weighted by atomic mass is 15.3. The van der Waals surface area contributed by atoms with Crippen LogP contribution in [0, 0.1) is 28.7 Å². The maximum absolute atomic E-state index is 9.05. The van der Waals surface area contributed by atoms with Crippen molar-refractivity contribution in [2.75, 3.05) is 24.5 Å². The number of imidazole rings is 1. The Morgan fingerprint density at radius 3 is 3.00 bits per heavy atom. The van der Waals surface area contributed by atoms with Crippen molar-refractivity contribution in [2.24, 2.45) is 5.92 Å². The molecule has 1 aromatic carbocycles. The van der Waals surface area contributed by atoms with Crippen molar-refractivity contribution >= 4 is 17.0 Å². The van der Waals surface area contributed by atoms with Crippen LogP contribution in [-0.4, -0.2) is 40.5 Å². The number of nitrogens with one attached hydrogen (secondary N) is 1. The van der Waals surface area contributed by atoms with E-state index >= 15 is 0 Å². The van der Waals surface area contributed by atoms with Crippen molar-refractivity contribution in [3.05, 3.63) is 23.8 Å². The van der Waals surface area contributed by atoms with Gasteiger partial charge >= 0.3 is 0 Å². The molecular weight excluding hydrogens is 264 g/mol. The number of aromatic nitrogens is 2. The Hall–Kier alpha value is -2.73. The fourth-order valence-electron chi connectivity index (χ4n) is 3.51. The molecule has 2 aliphatic heterocycles. The Bertz CT molecular complexity index is 780. The fourth-order valence-corrected chi connectivity index (χ4v) is 3.51. The average molecular weight is 278 g/mol. The van der Waals surface area contributed by atoms with Crippen LogP contribution in [0.3, 0.4) is 0 Å². The number of benzene rings is 1. The van der Waals surface area contributed by atoms with Crippen LogP contribution in [0.2, 0.25) is 0 Å². The summed E-state index contributed by atoms with van der Waals surface area (Å²) >= 11 is 0. The predicted molar refractivity (Wildman–Crippen MR) is 77.2 cm³/mol. The Morgan fingerprint density at radius 1 is 1.29 bits per heavy atom. The first-order chi connectivity index (χ1) is 10.3. The minimum atomic E-state index is 0.362. The van der Waals surface area contributed by atoms with E-state index in [1.807, 2.05) is 17.0 Å². The molecule has 0 spiro atoms. The summed E-state index contributed by atoms with van der Waals surface area (Å²) in [6.07, 6.45) is 3.35. The van der Waals surface area contributed by atoms with Crippen molar-refractivity contribution in [3.63, 3.8) is 0 Å². The summed E-state index contributed by atoms with van der Waals surface area (Å²) in [6.45, 7) is 2.61. The molecule has 0 unspecified atom stereocenters. The zero-order valence-electron chi connectivity index (χ0n) is 11.5. The summed E-state index contributed by atoms with van der Waals surface area (Å²) in [5, 5.41) is 18.0. The van der Waals surface area contributed by atoms with Gasteiger partial charge in [-0.25, -0.2) is 4.98 Å². The Balaban J connectivity index is 1.68. The Kier molecular flexibility index (Phi) is 2.52. The van der Waals surface area contributed by atoms with E-state index in [1.54, 1.807) is 6.07 Å². The number of nitrogens with zero attached hydrogens (tertiary/aromatic N) is 5. The molecule has 21 heavy (non-hydrogen) atoms. The van der Waals surface area contributed by atoms with Gasteiger partial charge in [0, 0.05) is 25.6 Å². The lowest BCUT2D eigenvalue weighted by molar-refractivity contribution is 0.446. The number of rotatable bonds is 1. The van der Waals surface area contributed by atoms with Crippen molar-refractivity contribution in [1.82, 2.24) is 14.9 Å². The highest BCUT2D eigenvalue weighted by Crippen LogP contribution is 2.34. The van der Waals surface area contributed by atoms with E-state index in [1.165, 1.54) is 0 Å². The third-order valence-corrected chi connectivity index (χ3v) is 4.56. The van der Waals surface area contributed by atoms with Crippen LogP contribution < -0.4 is 4.90 Å². The molecule has 6 nitrogen and oxygen atoms in total. The van der Waals surface area contributed by atoms with E-state index in [0.717, 1.165) is 43.0 Å². The van der Waals surface area contributed by atoms with Gasteiger partial charge < -0.3 is 14.8 Å². The lowest BCUT2D eigenvalue weighted by atomic mass is 10.1. The van der Waals surface area contributed by atoms with Crippen LogP contribution in [0.15, 0.2) is 18.2 Å². The third-order valence-electron chi connectivity index (χ3n) is 4.56. The van der Waals surface area contributed by atoms with E-state index in [-0.39, 0.29) is 0 Å². The number of H-pyrrole nitrogens is 1. The molecule has 0 saturated carbocycles. The van der Waals surface area contributed by atoms with E-state index in [0.29, 0.717) is 17.5 Å². The quantitative estimate of drug-likeness (QED) is 0.798. The van der Waals surface area contributed by atoms with Crippen LogP contribution in [0.1, 0.15) is 12.0 Å². The number of likely N-dealkylation sites (tertiary alicyclic amines) is 1. The summed E-state index contributed by atoms with van der Waals surface area (Å²) in [4.78, 5) is 12.1. The van der Waals surface area contributed by atoms with E-state index in [2.05, 4.69) is 27.1 Å². The van der Waals surface area contributed by atoms with Gasteiger partial charge in [0.15, 0.2) is 6.19 Å². The standard InChI is InChI=1S/C15H14N6/c16-6-10-1-2-12-13(5-10)19-15(18-12)21-4-3-11-7-20(9-17)8-14(11)21/h1-2,5,11,14H,3-4,7-8H2,(H,18,19)/t11-,14+/m1/s1. The molecule has 0 radical (unpaired) electrons. The van der Waals surface area contributed by atoms with Gasteiger partial charge in [0.05, 0.1) is 28.7 Å². The SMILES string of the molecule is N#Cc1ccc2nc(N3CC[C@@H]4CN(C#N)C[C@@H]43)[nH]c2c1. The highest BCUT2D eigenvalue weighted by Gasteiger charge is 2.42. The lowest BCUT2D eigenvalue weighted by Gasteiger charge is -2.22. The first-order valence-electron chi connectivity index (χ1n) is 7.09. The minimum Gasteiger partial charge on any atom is -0.337 e. The largest absolute Gasteiger partial charge is 0.337 e. The van der Waals surface area contributed by atoms with Crippen molar-refractivity contribution < 1.29 is 0 Å². The normalized spacial score (nSPS) is 24.1. The highest BCUT2D eigenvalue weighted by molar-refractivity contribution is 5.79. The Morgan fingerprint density at radius 2 is 2.19 bits per heavy atom. The number of hydrogen-bond acceptors (Lipinski definition) is 5. The van der Waals surface area contributed by atoms with Crippen LogP contribution in [0.25, 0.3) is 11.0 Å². The van der Waals surface area contributed by atoms with Crippen molar-refractivity contribution in [2.45, 2.75) is 12.5 Å². The number of aromatic amines is 1. The van der Waals surface area contributed by atoms with E-state index in [4.69, 9.17) is 10.5 Å². The predicted octanol–water partition coefficient (Wildman–Crippen LogP) is 1.43. The summed E-state index contributed by atoms with van der Waals surface area (Å²) in [5.41, 5.74) is 2.40. The molecule has 0 bridgehead atoms. The first kappa shape index (κ1) is 12.0. The lowest BCUT2D eigenvalue weighted by Crippen LogP contribution is -2.35. The molecule has 1 aromatic heterocycles. The maximum atomic E-state index is 9.05. The molecule has 1 N–H and O–H groups in total. The zero-order valence-corrected chi connectivity index (χ0v) is 11.5. The van der Waals surface area contributed by atoms with Crippen molar-refractivity contribution in [3.8, 4) is 12.3 Å². The van der Waals surface area contributed by atoms with Gasteiger partial charge in [-0.05, 0) is 24.6 Å². The molecule has 0 amide bonds. The topological polar surface area (TPSA) is 82.7 Å². The molecule has 104 valence electrons. The number of hydrogen-bond donors (Lipinski definition) is 1. The van der Waals surface area contributed by atoms with Gasteiger partial charge in [0.25, 0.3) is 0 Å². The maximum Gasteiger partial charge on any atom is 0.204 e. The molecule has 2 aliphatic rings. The van der Waals surface area contributed by atoms with E-state index < -0.39 is 0 Å². The van der Waals surface area contributed by atoms with Crippen LogP contribution in [-0.2, 0) is 0 Å². The van der Waals surface area contributed by atoms with Crippen molar-refractivity contribution in [1.29, 1.82) is 10.5 Å². The number of fused-ring (bicyclic) bond motifs is 2.